The summed E-state index contributed by atoms with van der Waals surface area (Å²) in [5, 5.41) is 9.17. The first kappa shape index (κ1) is 14.0. The van der Waals surface area contributed by atoms with Gasteiger partial charge in [0.05, 0.1) is 6.61 Å². The van der Waals surface area contributed by atoms with E-state index in [1.807, 2.05) is 0 Å². The van der Waals surface area contributed by atoms with Gasteiger partial charge < -0.3 is 5.11 Å². The molecule has 1 atom stereocenters. The molecule has 19 heavy (non-hydrogen) atoms. The lowest BCUT2D eigenvalue weighted by Gasteiger charge is -2.16. The van der Waals surface area contributed by atoms with Crippen molar-refractivity contribution in [3.63, 3.8) is 0 Å². The predicted molar refractivity (Wildman–Crippen MR) is 73.8 cm³/mol. The summed E-state index contributed by atoms with van der Waals surface area (Å²) in [7, 11) is 0. The van der Waals surface area contributed by atoms with Gasteiger partial charge in [-0.25, -0.2) is 4.98 Å². The second-order valence-electron chi connectivity index (χ2n) is 4.56. The lowest BCUT2D eigenvalue weighted by Crippen LogP contribution is -2.25. The maximum absolute atomic E-state index is 12.0. The number of rotatable bonds is 4. The van der Waals surface area contributed by atoms with Gasteiger partial charge in [0, 0.05) is 31.8 Å². The number of anilines is 1. The standard InChI is InChI=1S/C13H16N2O3S/c1-9(17)19-8-11-5-13(18)15(6-11)12-4-10(7-16)2-3-14-12/h2-4,11,16H,5-8H2,1H3. The first-order valence-corrected chi connectivity index (χ1v) is 7.08. The maximum Gasteiger partial charge on any atom is 0.228 e. The molecule has 102 valence electrons. The monoisotopic (exact) mass is 280 g/mol. The largest absolute Gasteiger partial charge is 0.392 e. The van der Waals surface area contributed by atoms with Crippen molar-refractivity contribution in [1.29, 1.82) is 0 Å². The minimum atomic E-state index is -0.0683. The van der Waals surface area contributed by atoms with Crippen LogP contribution in [0.2, 0.25) is 0 Å². The van der Waals surface area contributed by atoms with Crippen LogP contribution in [0.4, 0.5) is 5.82 Å². The van der Waals surface area contributed by atoms with Crippen molar-refractivity contribution in [2.24, 2.45) is 5.92 Å². The molecular weight excluding hydrogens is 264 g/mol. The summed E-state index contributed by atoms with van der Waals surface area (Å²) in [4.78, 5) is 28.7. The second kappa shape index (κ2) is 6.16. The normalized spacial score (nSPS) is 18.9. The van der Waals surface area contributed by atoms with Gasteiger partial charge in [0.1, 0.15) is 5.82 Å². The van der Waals surface area contributed by atoms with Gasteiger partial charge in [0.25, 0.3) is 0 Å². The van der Waals surface area contributed by atoms with Crippen LogP contribution in [0.25, 0.3) is 0 Å². The Hall–Kier alpha value is -1.40. The number of aromatic nitrogens is 1. The molecule has 1 saturated heterocycles. The van der Waals surface area contributed by atoms with E-state index in [0.29, 0.717) is 24.5 Å². The number of aliphatic hydroxyl groups excluding tert-OH is 1. The van der Waals surface area contributed by atoms with Crippen LogP contribution >= 0.6 is 11.8 Å². The van der Waals surface area contributed by atoms with Gasteiger partial charge in [-0.1, -0.05) is 11.8 Å². The quantitative estimate of drug-likeness (QED) is 0.897. The Morgan fingerprint density at radius 3 is 3.11 bits per heavy atom. The Kier molecular flexibility index (Phi) is 4.55. The van der Waals surface area contributed by atoms with E-state index in [2.05, 4.69) is 4.98 Å². The van der Waals surface area contributed by atoms with Gasteiger partial charge >= 0.3 is 0 Å². The van der Waals surface area contributed by atoms with Crippen molar-refractivity contribution in [2.45, 2.75) is 20.0 Å². The second-order valence-corrected chi connectivity index (χ2v) is 5.75. The zero-order valence-corrected chi connectivity index (χ0v) is 11.5. The van der Waals surface area contributed by atoms with E-state index in [-0.39, 0.29) is 23.5 Å². The average molecular weight is 280 g/mol. The summed E-state index contributed by atoms with van der Waals surface area (Å²) in [6.45, 7) is 2.05. The number of aliphatic hydroxyl groups is 1. The molecule has 1 N–H and O–H groups in total. The summed E-state index contributed by atoms with van der Waals surface area (Å²) < 4.78 is 0. The fourth-order valence-corrected chi connectivity index (χ4v) is 2.75. The topological polar surface area (TPSA) is 70.5 Å². The van der Waals surface area contributed by atoms with Gasteiger partial charge in [0.15, 0.2) is 5.12 Å². The fourth-order valence-electron chi connectivity index (χ4n) is 2.06. The number of nitrogens with zero attached hydrogens (tertiary/aromatic N) is 2. The van der Waals surface area contributed by atoms with Crippen LogP contribution in [0, 0.1) is 5.92 Å². The molecular formula is C13H16N2O3S. The van der Waals surface area contributed by atoms with E-state index < -0.39 is 0 Å². The highest BCUT2D eigenvalue weighted by molar-refractivity contribution is 8.13. The first-order chi connectivity index (χ1) is 9.10. The van der Waals surface area contributed by atoms with Crippen molar-refractivity contribution >= 4 is 28.6 Å². The third-order valence-electron chi connectivity index (χ3n) is 3.00. The molecule has 1 aromatic rings. The molecule has 1 unspecified atom stereocenters. The zero-order valence-electron chi connectivity index (χ0n) is 10.7. The smallest absolute Gasteiger partial charge is 0.228 e. The molecule has 0 radical (unpaired) electrons. The summed E-state index contributed by atoms with van der Waals surface area (Å²) >= 11 is 1.26. The van der Waals surface area contributed by atoms with Crippen LogP contribution in [-0.4, -0.2) is 33.4 Å². The molecule has 5 nitrogen and oxygen atoms in total. The lowest BCUT2D eigenvalue weighted by molar-refractivity contribution is -0.117. The highest BCUT2D eigenvalue weighted by Gasteiger charge is 2.31. The maximum atomic E-state index is 12.0. The summed E-state index contributed by atoms with van der Waals surface area (Å²) in [6, 6.07) is 3.44. The first-order valence-electron chi connectivity index (χ1n) is 6.09. The van der Waals surface area contributed by atoms with E-state index >= 15 is 0 Å². The van der Waals surface area contributed by atoms with Crippen LogP contribution in [0.5, 0.6) is 0 Å². The third kappa shape index (κ3) is 3.54. The van der Waals surface area contributed by atoms with Crippen LogP contribution < -0.4 is 4.90 Å². The highest BCUT2D eigenvalue weighted by atomic mass is 32.2. The van der Waals surface area contributed by atoms with Crippen molar-refractivity contribution in [3.05, 3.63) is 23.9 Å². The van der Waals surface area contributed by atoms with Gasteiger partial charge in [0.2, 0.25) is 5.91 Å². The minimum Gasteiger partial charge on any atom is -0.392 e. The molecule has 0 aliphatic carbocycles. The Bertz CT molecular complexity index is 493. The van der Waals surface area contributed by atoms with Crippen LogP contribution in [0.15, 0.2) is 18.3 Å². The highest BCUT2D eigenvalue weighted by Crippen LogP contribution is 2.26. The SMILES string of the molecule is CC(=O)SCC1CC(=O)N(c2cc(CO)ccn2)C1. The van der Waals surface area contributed by atoms with E-state index in [9.17, 15) is 9.59 Å². The fraction of sp³-hybridized carbons (Fsp3) is 0.462. The molecule has 1 aromatic heterocycles. The molecule has 2 rings (SSSR count). The van der Waals surface area contributed by atoms with Gasteiger partial charge in [-0.05, 0) is 23.6 Å². The molecule has 1 amide bonds. The minimum absolute atomic E-state index is 0.0248. The third-order valence-corrected chi connectivity index (χ3v) is 4.04. The van der Waals surface area contributed by atoms with Crippen LogP contribution in [0.1, 0.15) is 18.9 Å². The number of carbonyl (C=O) groups excluding carboxylic acids is 2. The molecule has 1 aliphatic rings. The number of carbonyl (C=O) groups is 2. The number of amides is 1. The number of pyridine rings is 1. The molecule has 0 spiro atoms. The Labute approximate surface area is 116 Å². The zero-order chi connectivity index (χ0) is 13.8. The molecule has 0 saturated carbocycles. The van der Waals surface area contributed by atoms with Crippen molar-refractivity contribution in [2.75, 3.05) is 17.2 Å². The van der Waals surface area contributed by atoms with E-state index in [1.54, 1.807) is 23.2 Å². The summed E-state index contributed by atoms with van der Waals surface area (Å²) in [5.41, 5.74) is 0.736. The van der Waals surface area contributed by atoms with E-state index in [1.165, 1.54) is 18.7 Å². The molecule has 0 bridgehead atoms. The van der Waals surface area contributed by atoms with Gasteiger partial charge in [-0.3, -0.25) is 14.5 Å². The van der Waals surface area contributed by atoms with Crippen molar-refractivity contribution in [3.8, 4) is 0 Å². The predicted octanol–water partition coefficient (Wildman–Crippen LogP) is 1.21. The van der Waals surface area contributed by atoms with E-state index in [4.69, 9.17) is 5.11 Å². The van der Waals surface area contributed by atoms with Crippen LogP contribution in [-0.2, 0) is 16.2 Å². The number of hydrogen-bond donors (Lipinski definition) is 1. The summed E-state index contributed by atoms with van der Waals surface area (Å²) in [5.74, 6) is 1.45. The average Bonchev–Trinajstić information content (AvgIpc) is 2.78. The Morgan fingerprint density at radius 2 is 2.42 bits per heavy atom. The van der Waals surface area contributed by atoms with Gasteiger partial charge in [-0.2, -0.15) is 0 Å². The van der Waals surface area contributed by atoms with Crippen LogP contribution in [0.3, 0.4) is 0 Å². The molecule has 2 heterocycles. The van der Waals surface area contributed by atoms with Gasteiger partial charge in [-0.15, -0.1) is 0 Å². The summed E-state index contributed by atoms with van der Waals surface area (Å²) in [6.07, 6.45) is 2.04. The molecule has 1 aliphatic heterocycles. The van der Waals surface area contributed by atoms with E-state index in [0.717, 1.165) is 5.56 Å². The lowest BCUT2D eigenvalue weighted by atomic mass is 10.1. The number of hydrogen-bond acceptors (Lipinski definition) is 5. The molecule has 0 aromatic carbocycles. The molecule has 1 fully saturated rings. The number of thioether (sulfide) groups is 1. The Balaban J connectivity index is 2.04. The van der Waals surface area contributed by atoms with Crippen molar-refractivity contribution in [1.82, 2.24) is 4.98 Å². The van der Waals surface area contributed by atoms with Crippen molar-refractivity contribution < 1.29 is 14.7 Å². The molecule has 6 heteroatoms. The Morgan fingerprint density at radius 1 is 1.63 bits per heavy atom.